The number of rotatable bonds is 8. The molecule has 0 radical (unpaired) electrons. The highest BCUT2D eigenvalue weighted by Gasteiger charge is 2.35. The van der Waals surface area contributed by atoms with Gasteiger partial charge in [0, 0.05) is 30.2 Å². The van der Waals surface area contributed by atoms with E-state index in [4.69, 9.17) is 4.74 Å². The van der Waals surface area contributed by atoms with Crippen molar-refractivity contribution in [2.75, 3.05) is 26.2 Å². The van der Waals surface area contributed by atoms with Crippen molar-refractivity contribution in [3.05, 3.63) is 70.8 Å². The molecule has 0 aliphatic carbocycles. The molecule has 2 aliphatic heterocycles. The zero-order valence-corrected chi connectivity index (χ0v) is 22.7. The first-order valence-corrected chi connectivity index (χ1v) is 14.1. The van der Waals surface area contributed by atoms with Crippen LogP contribution in [0.25, 0.3) is 17.0 Å². The van der Waals surface area contributed by atoms with Crippen LogP contribution in [0.5, 0.6) is 5.75 Å². The van der Waals surface area contributed by atoms with Gasteiger partial charge in [-0.1, -0.05) is 50.2 Å². The molecule has 2 aromatic carbocycles. The van der Waals surface area contributed by atoms with Crippen LogP contribution in [0.3, 0.4) is 0 Å². The molecule has 2 aliphatic rings. The number of thioether (sulfide) groups is 1. The van der Waals surface area contributed by atoms with E-state index in [-0.39, 0.29) is 36.7 Å². The van der Waals surface area contributed by atoms with Gasteiger partial charge in [-0.2, -0.15) is 0 Å². The minimum atomic E-state index is -0.317. The topological polar surface area (TPSA) is 71.8 Å². The number of piperidine rings is 1. The lowest BCUT2D eigenvalue weighted by molar-refractivity contribution is -0.133. The Balaban J connectivity index is 1.36. The molecule has 1 aromatic heterocycles. The fraction of sp³-hybridized carbons (Fsp3) is 0.367. The summed E-state index contributed by atoms with van der Waals surface area (Å²) in [7, 11) is 0. The van der Waals surface area contributed by atoms with E-state index in [1.165, 1.54) is 4.90 Å². The van der Waals surface area contributed by atoms with E-state index in [1.807, 2.05) is 58.1 Å². The third-order valence-electron chi connectivity index (χ3n) is 7.32. The lowest BCUT2D eigenvalue weighted by atomic mass is 9.99. The van der Waals surface area contributed by atoms with Crippen LogP contribution in [-0.4, -0.2) is 57.7 Å². The van der Waals surface area contributed by atoms with Crippen molar-refractivity contribution in [1.82, 2.24) is 14.4 Å². The zero-order valence-electron chi connectivity index (χ0n) is 21.9. The van der Waals surface area contributed by atoms with Crippen molar-refractivity contribution in [3.8, 4) is 5.75 Å². The molecule has 0 N–H and O–H groups in total. The Bertz CT molecular complexity index is 1370. The van der Waals surface area contributed by atoms with Crippen LogP contribution in [0.1, 0.15) is 37.8 Å². The summed E-state index contributed by atoms with van der Waals surface area (Å²) in [6.45, 7) is 6.60. The Morgan fingerprint density at radius 3 is 2.58 bits per heavy atom. The number of benzene rings is 2. The quantitative estimate of drug-likeness (QED) is 0.355. The predicted octanol–water partition coefficient (Wildman–Crippen LogP) is 5.58. The molecule has 3 amide bonds. The van der Waals surface area contributed by atoms with Crippen molar-refractivity contribution < 1.29 is 19.1 Å². The van der Waals surface area contributed by atoms with Gasteiger partial charge in [0.15, 0.2) is 0 Å². The highest BCUT2D eigenvalue weighted by Crippen LogP contribution is 2.35. The molecule has 3 heterocycles. The smallest absolute Gasteiger partial charge is 0.293 e. The van der Waals surface area contributed by atoms with E-state index in [0.29, 0.717) is 16.6 Å². The monoisotopic (exact) mass is 531 g/mol. The Hall–Kier alpha value is -3.52. The molecule has 0 atom stereocenters. The van der Waals surface area contributed by atoms with Crippen LogP contribution in [0, 0.1) is 5.92 Å². The number of imide groups is 1. The fourth-order valence-corrected chi connectivity index (χ4v) is 5.96. The number of carbonyl (C=O) groups is 3. The molecule has 5 rings (SSSR count). The summed E-state index contributed by atoms with van der Waals surface area (Å²) in [5.74, 6) is 1.15. The molecule has 0 bridgehead atoms. The summed E-state index contributed by atoms with van der Waals surface area (Å²) in [5.41, 5.74) is 2.99. The first kappa shape index (κ1) is 26.1. The van der Waals surface area contributed by atoms with Crippen molar-refractivity contribution in [2.45, 2.75) is 39.7 Å². The Labute approximate surface area is 227 Å². The molecule has 2 fully saturated rings. The molecule has 8 heteroatoms. The summed E-state index contributed by atoms with van der Waals surface area (Å²) in [5, 5.41) is 0.675. The van der Waals surface area contributed by atoms with Crippen LogP contribution in [0.2, 0.25) is 0 Å². The van der Waals surface area contributed by atoms with Crippen molar-refractivity contribution in [2.24, 2.45) is 5.92 Å². The normalized spacial score (nSPS) is 17.7. The number of carbonyl (C=O) groups excluding carboxylic acids is 3. The number of para-hydroxylation sites is 2. The SMILES string of the molecule is CCc1cccc2c(/C=C3\SC(=O)N(CCOc4ccccc4)C3=O)cn(CC(=O)N3CCC(C)CC3)c12. The van der Waals surface area contributed by atoms with E-state index >= 15 is 0 Å². The molecule has 2 saturated heterocycles. The minimum Gasteiger partial charge on any atom is -0.492 e. The van der Waals surface area contributed by atoms with Crippen molar-refractivity contribution in [1.29, 1.82) is 0 Å². The van der Waals surface area contributed by atoms with Gasteiger partial charge in [0.1, 0.15) is 18.9 Å². The molecule has 0 unspecified atom stereocenters. The number of fused-ring (bicyclic) bond motifs is 1. The van der Waals surface area contributed by atoms with Gasteiger partial charge in [-0.05, 0) is 60.7 Å². The molecular formula is C30H33N3O4S. The summed E-state index contributed by atoms with van der Waals surface area (Å²) in [6.07, 6.45) is 6.63. The molecular weight excluding hydrogens is 498 g/mol. The van der Waals surface area contributed by atoms with E-state index in [9.17, 15) is 14.4 Å². The number of likely N-dealkylation sites (tertiary alicyclic amines) is 1. The number of aryl methyl sites for hydroxylation is 1. The van der Waals surface area contributed by atoms with Gasteiger partial charge in [-0.25, -0.2) is 0 Å². The van der Waals surface area contributed by atoms with Gasteiger partial charge in [0.25, 0.3) is 11.1 Å². The molecule has 0 saturated carbocycles. The van der Waals surface area contributed by atoms with Crippen molar-refractivity contribution >= 4 is 45.8 Å². The van der Waals surface area contributed by atoms with Gasteiger partial charge >= 0.3 is 0 Å². The average molecular weight is 532 g/mol. The van der Waals surface area contributed by atoms with Crippen molar-refractivity contribution in [3.63, 3.8) is 0 Å². The van der Waals surface area contributed by atoms with Crippen LogP contribution in [0.15, 0.2) is 59.6 Å². The number of nitrogens with zero attached hydrogens (tertiary/aromatic N) is 3. The lowest BCUT2D eigenvalue weighted by Gasteiger charge is -2.30. The standard InChI is InChI=1S/C30H33N3O4S/c1-3-22-8-7-11-25-23(19-32(28(22)25)20-27(34)31-14-12-21(2)13-15-31)18-26-29(35)33(30(36)38-26)16-17-37-24-9-5-4-6-10-24/h4-11,18-19,21H,3,12-17,20H2,1-2H3/b26-18-. The Kier molecular flexibility index (Phi) is 7.88. The second kappa shape index (κ2) is 11.5. The second-order valence-corrected chi connectivity index (χ2v) is 10.9. The van der Waals surface area contributed by atoms with E-state index < -0.39 is 0 Å². The highest BCUT2D eigenvalue weighted by molar-refractivity contribution is 8.18. The minimum absolute atomic E-state index is 0.116. The number of hydrogen-bond donors (Lipinski definition) is 0. The van der Waals surface area contributed by atoms with Gasteiger partial charge in [0.2, 0.25) is 5.91 Å². The summed E-state index contributed by atoms with van der Waals surface area (Å²) >= 11 is 0.946. The molecule has 0 spiro atoms. The summed E-state index contributed by atoms with van der Waals surface area (Å²) < 4.78 is 7.70. The van der Waals surface area contributed by atoms with Gasteiger partial charge in [-0.15, -0.1) is 0 Å². The molecule has 7 nitrogen and oxygen atoms in total. The van der Waals surface area contributed by atoms with Gasteiger partial charge < -0.3 is 14.2 Å². The number of hydrogen-bond acceptors (Lipinski definition) is 5. The van der Waals surface area contributed by atoms with E-state index in [1.54, 1.807) is 6.08 Å². The molecule has 198 valence electrons. The number of ether oxygens (including phenoxy) is 1. The first-order chi connectivity index (χ1) is 18.4. The van der Waals surface area contributed by atoms with Gasteiger partial charge in [0.05, 0.1) is 17.0 Å². The number of amides is 3. The molecule has 3 aromatic rings. The maximum Gasteiger partial charge on any atom is 0.293 e. The van der Waals surface area contributed by atoms with Crippen LogP contribution < -0.4 is 4.74 Å². The Morgan fingerprint density at radius 2 is 1.84 bits per heavy atom. The van der Waals surface area contributed by atoms with Crippen LogP contribution in [-0.2, 0) is 22.6 Å². The van der Waals surface area contributed by atoms with E-state index in [2.05, 4.69) is 19.9 Å². The third-order valence-corrected chi connectivity index (χ3v) is 8.23. The maximum atomic E-state index is 13.2. The first-order valence-electron chi connectivity index (χ1n) is 13.3. The number of aromatic nitrogens is 1. The largest absolute Gasteiger partial charge is 0.492 e. The average Bonchev–Trinajstić information content (AvgIpc) is 3.41. The zero-order chi connectivity index (χ0) is 26.6. The van der Waals surface area contributed by atoms with Crippen LogP contribution in [0.4, 0.5) is 4.79 Å². The van der Waals surface area contributed by atoms with E-state index in [0.717, 1.165) is 66.1 Å². The van der Waals surface area contributed by atoms with Gasteiger partial charge in [-0.3, -0.25) is 19.3 Å². The fourth-order valence-electron chi connectivity index (χ4n) is 5.10. The van der Waals surface area contributed by atoms with Crippen LogP contribution >= 0.6 is 11.8 Å². The molecule has 38 heavy (non-hydrogen) atoms. The second-order valence-electron chi connectivity index (χ2n) is 9.94. The highest BCUT2D eigenvalue weighted by atomic mass is 32.2. The lowest BCUT2D eigenvalue weighted by Crippen LogP contribution is -2.39. The third kappa shape index (κ3) is 5.50. The Morgan fingerprint density at radius 1 is 1.08 bits per heavy atom. The summed E-state index contributed by atoms with van der Waals surface area (Å²) in [4.78, 5) is 42.5. The summed E-state index contributed by atoms with van der Waals surface area (Å²) in [6, 6.07) is 15.4. The maximum absolute atomic E-state index is 13.2. The predicted molar refractivity (Wildman–Crippen MR) is 151 cm³/mol.